The number of benzene rings is 1. The van der Waals surface area contributed by atoms with Crippen molar-refractivity contribution in [1.82, 2.24) is 9.13 Å². The Hall–Kier alpha value is -2.50. The molecule has 2 aromatic rings. The van der Waals surface area contributed by atoms with Crippen LogP contribution in [0.2, 0.25) is 5.02 Å². The summed E-state index contributed by atoms with van der Waals surface area (Å²) < 4.78 is 98.3. The Bertz CT molecular complexity index is 1040. The first-order valence-corrected chi connectivity index (χ1v) is 8.11. The molecule has 1 aromatic heterocycles. The minimum Gasteiger partial charge on any atom is -0.489 e. The van der Waals surface area contributed by atoms with Gasteiger partial charge in [0, 0.05) is 13.1 Å². The molecule has 1 heterocycles. The van der Waals surface area contributed by atoms with E-state index in [1.165, 1.54) is 0 Å². The van der Waals surface area contributed by atoms with E-state index < -0.39 is 57.0 Å². The lowest BCUT2D eigenvalue weighted by molar-refractivity contribution is -0.293. The Morgan fingerprint density at radius 2 is 1.62 bits per heavy atom. The average Bonchev–Trinajstić information content (AvgIpc) is 2.55. The molecule has 0 amide bonds. The van der Waals surface area contributed by atoms with E-state index in [1.54, 1.807) is 13.8 Å². The van der Waals surface area contributed by atoms with Crippen molar-refractivity contribution < 1.29 is 35.5 Å². The third-order valence-electron chi connectivity index (χ3n) is 3.67. The fourth-order valence-electron chi connectivity index (χ4n) is 2.41. The first kappa shape index (κ1) is 22.8. The molecule has 0 fully saturated rings. The van der Waals surface area contributed by atoms with Crippen LogP contribution in [0.15, 0.2) is 21.7 Å². The summed E-state index contributed by atoms with van der Waals surface area (Å²) in [4.78, 5) is 24.5. The molecule has 0 radical (unpaired) electrons. The van der Waals surface area contributed by atoms with Crippen LogP contribution in [0, 0.1) is 11.6 Å². The van der Waals surface area contributed by atoms with E-state index in [-0.39, 0.29) is 15.3 Å². The minimum atomic E-state index is -6.29. The van der Waals surface area contributed by atoms with E-state index in [0.29, 0.717) is 13.1 Å². The zero-order chi connectivity index (χ0) is 22.5. The van der Waals surface area contributed by atoms with Gasteiger partial charge in [-0.1, -0.05) is 11.6 Å². The van der Waals surface area contributed by atoms with Crippen molar-refractivity contribution in [2.24, 2.45) is 7.05 Å². The number of halogens is 8. The molecule has 0 aliphatic rings. The molecular weight excluding hydrogens is 437 g/mol. The van der Waals surface area contributed by atoms with Crippen LogP contribution in [0.25, 0.3) is 5.69 Å². The van der Waals surface area contributed by atoms with Crippen molar-refractivity contribution in [1.29, 1.82) is 0 Å². The van der Waals surface area contributed by atoms with E-state index in [4.69, 9.17) is 16.3 Å². The van der Waals surface area contributed by atoms with Crippen LogP contribution in [-0.4, -0.2) is 21.4 Å². The zero-order valence-electron chi connectivity index (χ0n) is 14.9. The van der Waals surface area contributed by atoms with E-state index in [1.807, 2.05) is 0 Å². The molecule has 0 bridgehead atoms. The van der Waals surface area contributed by atoms with Gasteiger partial charge in [0.1, 0.15) is 17.3 Å². The van der Waals surface area contributed by atoms with Crippen molar-refractivity contribution in [3.05, 3.63) is 55.3 Å². The molecule has 0 N–H and O–H groups in total. The molecule has 0 spiro atoms. The highest BCUT2D eigenvalue weighted by atomic mass is 35.5. The van der Waals surface area contributed by atoms with Gasteiger partial charge in [-0.15, -0.1) is 0 Å². The highest BCUT2D eigenvalue weighted by Gasteiger charge is 2.62. The molecule has 0 saturated heterocycles. The first-order chi connectivity index (χ1) is 13.1. The Kier molecular flexibility index (Phi) is 5.81. The summed E-state index contributed by atoms with van der Waals surface area (Å²) in [7, 11) is 0.385. The summed E-state index contributed by atoms with van der Waals surface area (Å²) in [5.74, 6) is -10.0. The van der Waals surface area contributed by atoms with Gasteiger partial charge in [-0.3, -0.25) is 9.36 Å². The minimum absolute atomic E-state index is 0.232. The van der Waals surface area contributed by atoms with Gasteiger partial charge >= 0.3 is 17.8 Å². The Labute approximate surface area is 162 Å². The highest BCUT2D eigenvalue weighted by Crippen LogP contribution is 2.43. The maximum absolute atomic E-state index is 14.3. The molecule has 0 aliphatic carbocycles. The number of rotatable bonds is 4. The normalized spacial score (nSPS) is 12.6. The van der Waals surface area contributed by atoms with Crippen LogP contribution in [0.1, 0.15) is 19.5 Å². The second-order valence-corrected chi connectivity index (χ2v) is 6.52. The summed E-state index contributed by atoms with van der Waals surface area (Å²) in [5.41, 5.74) is -7.49. The number of hydrogen-bond donors (Lipinski definition) is 0. The number of hydrogen-bond acceptors (Lipinski definition) is 3. The fraction of sp³-hybridized carbons (Fsp3) is 0.375. The second kappa shape index (κ2) is 7.39. The molecule has 0 aliphatic heterocycles. The van der Waals surface area contributed by atoms with Gasteiger partial charge in [-0.2, -0.15) is 26.3 Å². The van der Waals surface area contributed by atoms with E-state index in [9.17, 15) is 40.3 Å². The Morgan fingerprint density at radius 3 is 2.10 bits per heavy atom. The molecule has 0 atom stereocenters. The summed E-state index contributed by atoms with van der Waals surface area (Å²) in [6.07, 6.45) is -6.80. The predicted octanol–water partition coefficient (Wildman–Crippen LogP) is 3.91. The van der Waals surface area contributed by atoms with Crippen LogP contribution in [0.5, 0.6) is 5.75 Å². The van der Waals surface area contributed by atoms with Crippen molar-refractivity contribution in [2.45, 2.75) is 32.1 Å². The quantitative estimate of drug-likeness (QED) is 0.667. The van der Waals surface area contributed by atoms with Crippen LogP contribution >= 0.6 is 11.6 Å². The van der Waals surface area contributed by atoms with Gasteiger partial charge < -0.3 is 4.74 Å². The SMILES string of the molecule is CC(C)Oc1cc(-n2c(=O)c(F)c(C(F)(F)C(F)(F)F)n(C)c2=O)c(F)cc1Cl. The molecular formula is C16H12ClF7N2O3. The summed E-state index contributed by atoms with van der Waals surface area (Å²) in [6.45, 7) is 3.11. The van der Waals surface area contributed by atoms with Crippen molar-refractivity contribution in [3.63, 3.8) is 0 Å². The number of ether oxygens (including phenoxy) is 1. The van der Waals surface area contributed by atoms with E-state index in [0.717, 1.165) is 6.07 Å². The van der Waals surface area contributed by atoms with Crippen LogP contribution in [-0.2, 0) is 13.0 Å². The van der Waals surface area contributed by atoms with Gasteiger partial charge in [0.15, 0.2) is 0 Å². The first-order valence-electron chi connectivity index (χ1n) is 7.73. The molecule has 2 rings (SSSR count). The van der Waals surface area contributed by atoms with Crippen LogP contribution in [0.4, 0.5) is 30.7 Å². The van der Waals surface area contributed by atoms with Crippen LogP contribution < -0.4 is 16.0 Å². The number of nitrogens with zero attached hydrogens (tertiary/aromatic N) is 2. The average molecular weight is 449 g/mol. The summed E-state index contributed by atoms with van der Waals surface area (Å²) >= 11 is 5.78. The Balaban J connectivity index is 2.89. The Morgan fingerprint density at radius 1 is 1.07 bits per heavy atom. The molecule has 160 valence electrons. The maximum atomic E-state index is 14.3. The molecule has 13 heteroatoms. The molecule has 0 saturated carbocycles. The number of aromatic nitrogens is 2. The monoisotopic (exact) mass is 448 g/mol. The molecule has 5 nitrogen and oxygen atoms in total. The van der Waals surface area contributed by atoms with Crippen molar-refractivity contribution >= 4 is 11.6 Å². The van der Waals surface area contributed by atoms with E-state index >= 15 is 0 Å². The lowest BCUT2D eigenvalue weighted by Crippen LogP contribution is -2.47. The predicted molar refractivity (Wildman–Crippen MR) is 87.9 cm³/mol. The highest BCUT2D eigenvalue weighted by molar-refractivity contribution is 6.32. The largest absolute Gasteiger partial charge is 0.489 e. The standard InChI is InChI=1S/C16H12ClF7N2O3/c1-6(2)29-10-5-9(8(18)4-7(10)17)26-13(27)11(19)12(25(3)14(26)28)15(20,21)16(22,23)24/h4-6H,1-3H3. The summed E-state index contributed by atoms with van der Waals surface area (Å²) in [5, 5.41) is -0.287. The lowest BCUT2D eigenvalue weighted by Gasteiger charge is -2.23. The van der Waals surface area contributed by atoms with Gasteiger partial charge in [0.25, 0.3) is 5.56 Å². The topological polar surface area (TPSA) is 53.2 Å². The van der Waals surface area contributed by atoms with Gasteiger partial charge in [0.05, 0.1) is 16.8 Å². The molecule has 0 unspecified atom stereocenters. The maximum Gasteiger partial charge on any atom is 0.459 e. The second-order valence-electron chi connectivity index (χ2n) is 6.12. The summed E-state index contributed by atoms with van der Waals surface area (Å²) in [6, 6.07) is 1.33. The van der Waals surface area contributed by atoms with Gasteiger partial charge in [-0.25, -0.2) is 13.8 Å². The van der Waals surface area contributed by atoms with Crippen LogP contribution in [0.3, 0.4) is 0 Å². The number of alkyl halides is 5. The zero-order valence-corrected chi connectivity index (χ0v) is 15.6. The third-order valence-corrected chi connectivity index (χ3v) is 3.97. The molecule has 29 heavy (non-hydrogen) atoms. The lowest BCUT2D eigenvalue weighted by atomic mass is 10.2. The third kappa shape index (κ3) is 3.85. The van der Waals surface area contributed by atoms with Crippen molar-refractivity contribution in [2.75, 3.05) is 0 Å². The fourth-order valence-corrected chi connectivity index (χ4v) is 2.60. The van der Waals surface area contributed by atoms with E-state index in [2.05, 4.69) is 0 Å². The van der Waals surface area contributed by atoms with Gasteiger partial charge in [-0.05, 0) is 19.9 Å². The van der Waals surface area contributed by atoms with Gasteiger partial charge in [0.2, 0.25) is 5.82 Å². The van der Waals surface area contributed by atoms with Crippen molar-refractivity contribution in [3.8, 4) is 11.4 Å². The smallest absolute Gasteiger partial charge is 0.459 e. The molecule has 1 aromatic carbocycles.